The largest absolute Gasteiger partial charge is 0.339 e. The average molecular weight is 474 g/mol. The Morgan fingerprint density at radius 2 is 1.91 bits per heavy atom. The van der Waals surface area contributed by atoms with Crippen LogP contribution >= 0.6 is 11.8 Å². The van der Waals surface area contributed by atoms with Gasteiger partial charge in [-0.1, -0.05) is 24.3 Å². The summed E-state index contributed by atoms with van der Waals surface area (Å²) >= 11 is 1.95. The van der Waals surface area contributed by atoms with Crippen molar-refractivity contribution >= 4 is 40.2 Å². The number of aromatic amines is 2. The molecule has 1 amide bonds. The summed E-state index contributed by atoms with van der Waals surface area (Å²) in [4.78, 5) is 33.3. The lowest BCUT2D eigenvalue weighted by atomic mass is 9.91. The first-order chi connectivity index (χ1) is 16.5. The van der Waals surface area contributed by atoms with E-state index in [0.717, 1.165) is 69.9 Å². The van der Waals surface area contributed by atoms with E-state index >= 15 is 0 Å². The molecule has 0 aliphatic carbocycles. The molecule has 1 unspecified atom stereocenters. The molecule has 1 aromatic carbocycles. The molecule has 8 heteroatoms. The van der Waals surface area contributed by atoms with Crippen molar-refractivity contribution in [1.82, 2.24) is 20.2 Å². The van der Waals surface area contributed by atoms with Crippen LogP contribution in [0, 0.1) is 19.8 Å². The number of rotatable bonds is 5. The first-order valence-corrected chi connectivity index (χ1v) is 12.7. The highest BCUT2D eigenvalue weighted by Gasteiger charge is 2.21. The van der Waals surface area contributed by atoms with Gasteiger partial charge in [0, 0.05) is 33.8 Å². The first kappa shape index (κ1) is 22.4. The fourth-order valence-electron chi connectivity index (χ4n) is 4.35. The van der Waals surface area contributed by atoms with Gasteiger partial charge in [-0.3, -0.25) is 14.7 Å². The zero-order chi connectivity index (χ0) is 23.7. The number of pyridine rings is 1. The number of nitrogens with one attached hydrogen (secondary N) is 3. The van der Waals surface area contributed by atoms with Crippen molar-refractivity contribution < 1.29 is 9.59 Å². The van der Waals surface area contributed by atoms with E-state index in [1.165, 1.54) is 0 Å². The van der Waals surface area contributed by atoms with Gasteiger partial charge >= 0.3 is 0 Å². The number of hydrogen-bond acceptors (Lipinski definition) is 5. The fourth-order valence-corrected chi connectivity index (χ4v) is 5.38. The summed E-state index contributed by atoms with van der Waals surface area (Å²) < 4.78 is 0. The molecule has 4 aromatic rings. The maximum Gasteiger partial charge on any atom is 0.276 e. The van der Waals surface area contributed by atoms with Crippen LogP contribution in [0.25, 0.3) is 22.3 Å². The molecule has 0 saturated carbocycles. The molecule has 7 nitrogen and oxygen atoms in total. The number of hydrogen-bond donors (Lipinski definition) is 3. The molecule has 1 fully saturated rings. The lowest BCUT2D eigenvalue weighted by Crippen LogP contribution is -2.14. The molecule has 0 spiro atoms. The zero-order valence-electron chi connectivity index (χ0n) is 19.3. The van der Waals surface area contributed by atoms with Crippen molar-refractivity contribution in [2.24, 2.45) is 5.92 Å². The van der Waals surface area contributed by atoms with Gasteiger partial charge in [-0.15, -0.1) is 0 Å². The molecular weight excluding hydrogens is 446 g/mol. The van der Waals surface area contributed by atoms with Crippen LogP contribution in [-0.4, -0.2) is 43.4 Å². The summed E-state index contributed by atoms with van der Waals surface area (Å²) in [6.07, 6.45) is 4.70. The van der Waals surface area contributed by atoms with E-state index in [4.69, 9.17) is 0 Å². The number of ketones is 1. The number of thioether (sulfide) groups is 1. The third-order valence-electron chi connectivity index (χ3n) is 6.50. The molecule has 1 atom stereocenters. The van der Waals surface area contributed by atoms with Crippen molar-refractivity contribution in [3.8, 4) is 11.3 Å². The summed E-state index contributed by atoms with van der Waals surface area (Å²) in [5.41, 5.74) is 6.09. The summed E-state index contributed by atoms with van der Waals surface area (Å²) in [6.45, 7) is 3.75. The third-order valence-corrected chi connectivity index (χ3v) is 7.60. The maximum absolute atomic E-state index is 12.9. The fraction of sp³-hybridized carbons (Fsp3) is 0.308. The van der Waals surface area contributed by atoms with Gasteiger partial charge in [0.15, 0.2) is 11.5 Å². The Morgan fingerprint density at radius 3 is 2.68 bits per heavy atom. The molecular formula is C26H27N5O2S. The average Bonchev–Trinajstić information content (AvgIpc) is 3.29. The number of aryl methyl sites for hydroxylation is 1. The second-order valence-electron chi connectivity index (χ2n) is 8.80. The molecule has 34 heavy (non-hydrogen) atoms. The Balaban J connectivity index is 1.32. The van der Waals surface area contributed by atoms with E-state index in [0.29, 0.717) is 11.4 Å². The van der Waals surface area contributed by atoms with Gasteiger partial charge in [-0.25, -0.2) is 4.98 Å². The number of carbonyl (C=O) groups is 2. The molecule has 1 aliphatic heterocycles. The lowest BCUT2D eigenvalue weighted by Gasteiger charge is -2.12. The third kappa shape index (κ3) is 4.50. The molecule has 174 valence electrons. The predicted molar refractivity (Wildman–Crippen MR) is 137 cm³/mol. The molecule has 0 radical (unpaired) electrons. The molecule has 1 saturated heterocycles. The summed E-state index contributed by atoms with van der Waals surface area (Å²) in [6, 6.07) is 11.7. The summed E-state index contributed by atoms with van der Waals surface area (Å²) in [5, 5.41) is 10.7. The van der Waals surface area contributed by atoms with Crippen molar-refractivity contribution in [3.63, 3.8) is 0 Å². The number of fused-ring (bicyclic) bond motifs is 1. The van der Waals surface area contributed by atoms with Crippen molar-refractivity contribution in [3.05, 3.63) is 65.1 Å². The van der Waals surface area contributed by atoms with E-state index in [1.807, 2.05) is 62.0 Å². The highest BCUT2D eigenvalue weighted by atomic mass is 32.2. The number of carbonyl (C=O) groups excluding carboxylic acids is 2. The second kappa shape index (κ2) is 9.46. The van der Waals surface area contributed by atoms with Crippen LogP contribution in [0.4, 0.5) is 5.69 Å². The Bertz CT molecular complexity index is 1350. The van der Waals surface area contributed by atoms with E-state index in [2.05, 4.69) is 25.5 Å². The Hall–Kier alpha value is -3.39. The Morgan fingerprint density at radius 1 is 1.09 bits per heavy atom. The number of amides is 1. The minimum atomic E-state index is -0.272. The maximum atomic E-state index is 12.9. The first-order valence-electron chi connectivity index (χ1n) is 11.5. The Kier molecular flexibility index (Phi) is 6.24. The number of nitrogens with zero attached hydrogens (tertiary/aromatic N) is 2. The number of H-pyrrole nitrogens is 2. The smallest absolute Gasteiger partial charge is 0.276 e. The van der Waals surface area contributed by atoms with Crippen LogP contribution in [-0.2, 0) is 0 Å². The van der Waals surface area contributed by atoms with Gasteiger partial charge in [-0.2, -0.15) is 16.9 Å². The van der Waals surface area contributed by atoms with Crippen molar-refractivity contribution in [1.29, 1.82) is 0 Å². The molecule has 3 N–H and O–H groups in total. The predicted octanol–water partition coefficient (Wildman–Crippen LogP) is 5.54. The van der Waals surface area contributed by atoms with Crippen molar-refractivity contribution in [2.45, 2.75) is 33.1 Å². The van der Waals surface area contributed by atoms with E-state index in [9.17, 15) is 9.59 Å². The number of aromatic nitrogens is 4. The number of anilines is 1. The van der Waals surface area contributed by atoms with Crippen LogP contribution in [0.5, 0.6) is 0 Å². The van der Waals surface area contributed by atoms with E-state index in [1.54, 1.807) is 6.20 Å². The lowest BCUT2D eigenvalue weighted by molar-refractivity contribution is 0.0910. The summed E-state index contributed by atoms with van der Waals surface area (Å²) in [5.74, 6) is 2.35. The second-order valence-corrected chi connectivity index (χ2v) is 10.0. The Labute approximate surface area is 202 Å². The molecule has 0 bridgehead atoms. The number of Topliss-reactive ketones (excluding diaryl/α,β-unsaturated/α-hetero) is 1. The van der Waals surface area contributed by atoms with Crippen molar-refractivity contribution in [2.75, 3.05) is 16.8 Å². The number of benzene rings is 1. The standard InChI is InChI=1S/C26H27N5O2S/c1-15-16(2)30-31-23(15)26(33)28-21-12-20-13-22(29-25(20)27-14-21)17-5-7-19(8-6-17)24(32)18-4-3-10-34-11-9-18/h5-8,12-14,18H,3-4,9-11H2,1-2H3,(H,27,29)(H,28,33)(H,30,31). The van der Waals surface area contributed by atoms with Gasteiger partial charge in [0.1, 0.15) is 5.65 Å². The SMILES string of the molecule is Cc1[nH]nc(C(=O)Nc2cnc3[nH]c(-c4ccc(C(=O)C5CCCSCC5)cc4)cc3c2)c1C. The normalized spacial score (nSPS) is 16.4. The van der Waals surface area contributed by atoms with E-state index in [-0.39, 0.29) is 17.6 Å². The monoisotopic (exact) mass is 473 g/mol. The summed E-state index contributed by atoms with van der Waals surface area (Å²) in [7, 11) is 0. The quantitative estimate of drug-likeness (QED) is 0.330. The van der Waals surface area contributed by atoms with Gasteiger partial charge in [-0.05, 0) is 62.3 Å². The van der Waals surface area contributed by atoms with Crippen LogP contribution in [0.3, 0.4) is 0 Å². The highest BCUT2D eigenvalue weighted by molar-refractivity contribution is 7.99. The molecule has 3 aromatic heterocycles. The van der Waals surface area contributed by atoms with Gasteiger partial charge in [0.2, 0.25) is 0 Å². The van der Waals surface area contributed by atoms with Gasteiger partial charge in [0.05, 0.1) is 11.9 Å². The molecule has 5 rings (SSSR count). The van der Waals surface area contributed by atoms with Crippen LogP contribution in [0.1, 0.15) is 51.4 Å². The minimum Gasteiger partial charge on any atom is -0.339 e. The van der Waals surface area contributed by atoms with Crippen LogP contribution in [0.2, 0.25) is 0 Å². The van der Waals surface area contributed by atoms with E-state index < -0.39 is 0 Å². The van der Waals surface area contributed by atoms with Crippen LogP contribution < -0.4 is 5.32 Å². The molecule has 1 aliphatic rings. The van der Waals surface area contributed by atoms with Gasteiger partial charge in [0.25, 0.3) is 5.91 Å². The minimum absolute atomic E-state index is 0.140. The zero-order valence-corrected chi connectivity index (χ0v) is 20.1. The molecule has 4 heterocycles. The van der Waals surface area contributed by atoms with Gasteiger partial charge < -0.3 is 10.3 Å². The van der Waals surface area contributed by atoms with Crippen LogP contribution in [0.15, 0.2) is 42.6 Å². The highest BCUT2D eigenvalue weighted by Crippen LogP contribution is 2.28. The topological polar surface area (TPSA) is 104 Å².